The summed E-state index contributed by atoms with van der Waals surface area (Å²) < 4.78 is 1.91. The topological polar surface area (TPSA) is 50.1 Å². The van der Waals surface area contributed by atoms with Gasteiger partial charge in [0.05, 0.1) is 17.3 Å². The number of hydrogen-bond acceptors (Lipinski definition) is 5. The molecule has 0 N–H and O–H groups in total. The van der Waals surface area contributed by atoms with Crippen LogP contribution in [0.2, 0.25) is 0 Å². The maximum absolute atomic E-state index is 4.70. The summed E-state index contributed by atoms with van der Waals surface area (Å²) in [7, 11) is 2.24. The van der Waals surface area contributed by atoms with Gasteiger partial charge in [0.25, 0.3) is 0 Å². The van der Waals surface area contributed by atoms with Gasteiger partial charge >= 0.3 is 0 Å². The summed E-state index contributed by atoms with van der Waals surface area (Å²) in [5.41, 5.74) is 1.92. The number of benzene rings is 1. The van der Waals surface area contributed by atoms with Gasteiger partial charge in [0, 0.05) is 19.1 Å². The van der Waals surface area contributed by atoms with E-state index in [0.717, 1.165) is 41.5 Å². The molecule has 5 rings (SSSR count). The Hall–Kier alpha value is -2.47. The highest BCUT2D eigenvalue weighted by atomic mass is 15.3. The van der Waals surface area contributed by atoms with E-state index in [2.05, 4.69) is 39.1 Å². The van der Waals surface area contributed by atoms with E-state index in [-0.39, 0.29) is 0 Å². The highest BCUT2D eigenvalue weighted by Gasteiger charge is 2.36. The van der Waals surface area contributed by atoms with Gasteiger partial charge in [0.1, 0.15) is 12.1 Å². The molecule has 0 amide bonds. The van der Waals surface area contributed by atoms with Crippen LogP contribution >= 0.6 is 0 Å². The molecule has 2 saturated heterocycles. The summed E-state index contributed by atoms with van der Waals surface area (Å²) in [6.45, 7) is 3.43. The van der Waals surface area contributed by atoms with Gasteiger partial charge in [-0.1, -0.05) is 18.2 Å². The third-order valence-corrected chi connectivity index (χ3v) is 5.89. The Bertz CT molecular complexity index is 905. The fraction of sp³-hybridized carbons (Fsp3) is 0.450. The number of rotatable bonds is 2. The molecule has 2 aliphatic heterocycles. The van der Waals surface area contributed by atoms with Crippen molar-refractivity contribution in [1.82, 2.24) is 24.6 Å². The zero-order valence-electron chi connectivity index (χ0n) is 15.1. The van der Waals surface area contributed by atoms with Gasteiger partial charge in [-0.15, -0.1) is 0 Å². The Morgan fingerprint density at radius 2 is 1.92 bits per heavy atom. The maximum atomic E-state index is 4.70. The molecule has 2 fully saturated rings. The molecule has 4 heterocycles. The molecule has 2 aromatic heterocycles. The average Bonchev–Trinajstić information content (AvgIpc) is 3.12. The largest absolute Gasteiger partial charge is 0.353 e. The lowest BCUT2D eigenvalue weighted by Crippen LogP contribution is -2.53. The van der Waals surface area contributed by atoms with Gasteiger partial charge in [-0.3, -0.25) is 0 Å². The number of piperidine rings is 2. The Labute approximate surface area is 153 Å². The van der Waals surface area contributed by atoms with E-state index in [0.29, 0.717) is 6.04 Å². The van der Waals surface area contributed by atoms with Crippen molar-refractivity contribution in [3.05, 3.63) is 42.9 Å². The van der Waals surface area contributed by atoms with Crippen molar-refractivity contribution in [2.75, 3.05) is 31.6 Å². The van der Waals surface area contributed by atoms with E-state index in [9.17, 15) is 0 Å². The summed E-state index contributed by atoms with van der Waals surface area (Å²) in [6, 6.07) is 10.8. The zero-order chi connectivity index (χ0) is 17.5. The predicted molar refractivity (Wildman–Crippen MR) is 103 cm³/mol. The first kappa shape index (κ1) is 15.8. The van der Waals surface area contributed by atoms with Crippen LogP contribution < -0.4 is 4.90 Å². The van der Waals surface area contributed by atoms with Crippen molar-refractivity contribution in [3.63, 3.8) is 0 Å². The van der Waals surface area contributed by atoms with Crippen molar-refractivity contribution in [2.45, 2.75) is 25.3 Å². The zero-order valence-corrected chi connectivity index (χ0v) is 15.1. The van der Waals surface area contributed by atoms with Gasteiger partial charge in [0.2, 0.25) is 0 Å². The molecular weight excluding hydrogens is 324 g/mol. The lowest BCUT2D eigenvalue weighted by molar-refractivity contribution is 0.154. The van der Waals surface area contributed by atoms with Crippen LogP contribution in [0.15, 0.2) is 42.9 Å². The molecule has 0 saturated carbocycles. The molecule has 0 aliphatic carbocycles. The lowest BCUT2D eigenvalue weighted by atomic mass is 9.84. The van der Waals surface area contributed by atoms with E-state index >= 15 is 0 Å². The first-order chi connectivity index (χ1) is 12.8. The number of nitrogens with zero attached hydrogens (tertiary/aromatic N) is 6. The molecular formula is C20H24N6. The van der Waals surface area contributed by atoms with Crippen molar-refractivity contribution < 1.29 is 0 Å². The van der Waals surface area contributed by atoms with Crippen LogP contribution in [0.5, 0.6) is 0 Å². The standard InChI is InChI=1S/C20H24N6/c1-24-11-9-18-15(13-24)6-5-10-25(18)19-17-12-23-26(20(17)22-14-21-19)16-7-3-2-4-8-16/h2-4,7-8,12,14-15,18H,5-6,9-11,13H2,1H3/t15-,18-/m0/s1. The van der Waals surface area contributed by atoms with Crippen LogP contribution in [0.1, 0.15) is 19.3 Å². The second-order valence-electron chi connectivity index (χ2n) is 7.54. The number of aromatic nitrogens is 4. The van der Waals surface area contributed by atoms with E-state index in [1.54, 1.807) is 6.33 Å². The third kappa shape index (κ3) is 2.56. The van der Waals surface area contributed by atoms with Crippen LogP contribution in [0, 0.1) is 5.92 Å². The van der Waals surface area contributed by atoms with Gasteiger partial charge in [0.15, 0.2) is 5.65 Å². The molecule has 6 nitrogen and oxygen atoms in total. The first-order valence-corrected chi connectivity index (χ1v) is 9.50. The van der Waals surface area contributed by atoms with Gasteiger partial charge in [-0.25, -0.2) is 14.6 Å². The van der Waals surface area contributed by atoms with Crippen LogP contribution in [0.3, 0.4) is 0 Å². The number of para-hydroxylation sites is 1. The summed E-state index contributed by atoms with van der Waals surface area (Å²) >= 11 is 0. The predicted octanol–water partition coefficient (Wildman–Crippen LogP) is 2.74. The molecule has 3 aromatic rings. The number of fused-ring (bicyclic) bond motifs is 2. The summed E-state index contributed by atoms with van der Waals surface area (Å²) in [5, 5.41) is 5.67. The number of likely N-dealkylation sites (tertiary alicyclic amines) is 1. The molecule has 0 radical (unpaired) electrons. The van der Waals surface area contributed by atoms with Crippen molar-refractivity contribution in [3.8, 4) is 5.69 Å². The number of anilines is 1. The fourth-order valence-electron chi connectivity index (χ4n) is 4.67. The molecule has 134 valence electrons. The minimum atomic E-state index is 0.582. The molecule has 6 heteroatoms. The molecule has 26 heavy (non-hydrogen) atoms. The van der Waals surface area contributed by atoms with Crippen LogP contribution in [0.25, 0.3) is 16.7 Å². The van der Waals surface area contributed by atoms with Gasteiger partial charge in [-0.2, -0.15) is 5.10 Å². The minimum Gasteiger partial charge on any atom is -0.353 e. The van der Waals surface area contributed by atoms with E-state index in [1.165, 1.54) is 25.8 Å². The van der Waals surface area contributed by atoms with Crippen LogP contribution in [-0.2, 0) is 0 Å². The van der Waals surface area contributed by atoms with E-state index in [1.807, 2.05) is 29.1 Å². The SMILES string of the molecule is CN1CC[C@H]2[C@@H](CCCN2c2ncnc3c2cnn3-c2ccccc2)C1. The molecule has 1 aromatic carbocycles. The molecule has 0 bridgehead atoms. The summed E-state index contributed by atoms with van der Waals surface area (Å²) in [5.74, 6) is 1.79. The normalized spacial score (nSPS) is 24.0. The van der Waals surface area contributed by atoms with E-state index < -0.39 is 0 Å². The van der Waals surface area contributed by atoms with Crippen molar-refractivity contribution in [1.29, 1.82) is 0 Å². The van der Waals surface area contributed by atoms with Crippen molar-refractivity contribution in [2.24, 2.45) is 5.92 Å². The monoisotopic (exact) mass is 348 g/mol. The van der Waals surface area contributed by atoms with E-state index in [4.69, 9.17) is 4.98 Å². The van der Waals surface area contributed by atoms with Gasteiger partial charge < -0.3 is 9.80 Å². The molecule has 2 atom stereocenters. The minimum absolute atomic E-state index is 0.582. The Morgan fingerprint density at radius 1 is 1.04 bits per heavy atom. The molecule has 0 spiro atoms. The summed E-state index contributed by atoms with van der Waals surface area (Å²) in [4.78, 5) is 14.2. The quantitative estimate of drug-likeness (QED) is 0.713. The third-order valence-electron chi connectivity index (χ3n) is 5.89. The second-order valence-corrected chi connectivity index (χ2v) is 7.54. The molecule has 2 aliphatic rings. The fourth-order valence-corrected chi connectivity index (χ4v) is 4.67. The Morgan fingerprint density at radius 3 is 2.81 bits per heavy atom. The van der Waals surface area contributed by atoms with Gasteiger partial charge in [-0.05, 0) is 50.9 Å². The summed E-state index contributed by atoms with van der Waals surface area (Å²) in [6.07, 6.45) is 7.38. The maximum Gasteiger partial charge on any atom is 0.168 e. The van der Waals surface area contributed by atoms with Crippen LogP contribution in [-0.4, -0.2) is 57.4 Å². The second kappa shape index (κ2) is 6.36. The highest BCUT2D eigenvalue weighted by molar-refractivity contribution is 5.87. The Balaban J connectivity index is 1.56. The Kier molecular flexibility index (Phi) is 3.85. The highest BCUT2D eigenvalue weighted by Crippen LogP contribution is 2.35. The number of hydrogen-bond donors (Lipinski definition) is 0. The first-order valence-electron chi connectivity index (χ1n) is 9.50. The van der Waals surface area contributed by atoms with Crippen LogP contribution in [0.4, 0.5) is 5.82 Å². The smallest absolute Gasteiger partial charge is 0.168 e. The molecule has 0 unspecified atom stereocenters. The lowest BCUT2D eigenvalue weighted by Gasteiger charge is -2.47. The average molecular weight is 348 g/mol. The van der Waals surface area contributed by atoms with Crippen molar-refractivity contribution >= 4 is 16.9 Å².